The number of halogens is 2. The fourth-order valence-electron chi connectivity index (χ4n) is 4.09. The predicted molar refractivity (Wildman–Crippen MR) is 130 cm³/mol. The van der Waals surface area contributed by atoms with Gasteiger partial charge in [-0.3, -0.25) is 14.8 Å². The molecule has 160 valence electrons. The van der Waals surface area contributed by atoms with Crippen molar-refractivity contribution in [3.8, 4) is 0 Å². The largest absolute Gasteiger partial charge is 0.332 e. The Labute approximate surface area is 193 Å². The molecule has 0 saturated carbocycles. The third-order valence-electron chi connectivity index (χ3n) is 5.76. The van der Waals surface area contributed by atoms with E-state index in [4.69, 9.17) is 16.6 Å². The number of nitrogens with zero attached hydrogens (tertiary/aromatic N) is 5. The molecule has 0 N–H and O–H groups in total. The predicted octanol–water partition coefficient (Wildman–Crippen LogP) is 4.00. The number of rotatable bonds is 6. The first kappa shape index (κ1) is 21.8. The highest BCUT2D eigenvalue weighted by molar-refractivity contribution is 9.10. The van der Waals surface area contributed by atoms with E-state index in [1.807, 2.05) is 18.3 Å². The van der Waals surface area contributed by atoms with E-state index in [-0.39, 0.29) is 6.29 Å². The molecule has 2 heterocycles. The van der Waals surface area contributed by atoms with Gasteiger partial charge in [-0.1, -0.05) is 39.7 Å². The van der Waals surface area contributed by atoms with Crippen LogP contribution in [0.15, 0.2) is 51.9 Å². The second-order valence-electron chi connectivity index (χ2n) is 8.27. The number of anilines is 1. The highest BCUT2D eigenvalue weighted by atomic mass is 79.9. The molecule has 2 aromatic carbocycles. The second kappa shape index (κ2) is 9.79. The standard InChI is InChI=1S/C23H29BrClN5/c1-27(2)8-9-28-10-12-29(13-11-28)23-26-16-19-15-20(24)6-7-22(19)30(23)17-18-4-3-5-21(25)14-18/h3-7,14-16,23H,8-13,17H2,1-2H3. The Morgan fingerprint density at radius 3 is 2.63 bits per heavy atom. The van der Waals surface area contributed by atoms with Gasteiger partial charge in [-0.25, -0.2) is 0 Å². The number of hydrogen-bond donors (Lipinski definition) is 0. The molecular weight excluding hydrogens is 462 g/mol. The van der Waals surface area contributed by atoms with E-state index >= 15 is 0 Å². The minimum atomic E-state index is 0.00801. The lowest BCUT2D eigenvalue weighted by Crippen LogP contribution is -2.56. The van der Waals surface area contributed by atoms with E-state index in [0.29, 0.717) is 0 Å². The van der Waals surface area contributed by atoms with Gasteiger partial charge in [-0.15, -0.1) is 0 Å². The Hall–Kier alpha value is -1.44. The van der Waals surface area contributed by atoms with Gasteiger partial charge >= 0.3 is 0 Å². The van der Waals surface area contributed by atoms with Crippen LogP contribution in [0.5, 0.6) is 0 Å². The molecule has 0 amide bonds. The second-order valence-corrected chi connectivity index (χ2v) is 9.62. The summed E-state index contributed by atoms with van der Waals surface area (Å²) in [6, 6.07) is 14.6. The van der Waals surface area contributed by atoms with E-state index in [9.17, 15) is 0 Å². The van der Waals surface area contributed by atoms with Gasteiger partial charge in [-0.2, -0.15) is 0 Å². The van der Waals surface area contributed by atoms with Crippen molar-refractivity contribution in [1.29, 1.82) is 0 Å². The topological polar surface area (TPSA) is 25.3 Å². The maximum Gasteiger partial charge on any atom is 0.179 e. The van der Waals surface area contributed by atoms with Crippen molar-refractivity contribution in [3.63, 3.8) is 0 Å². The first-order valence-electron chi connectivity index (χ1n) is 10.4. The Kier molecular flexibility index (Phi) is 7.11. The Bertz CT molecular complexity index is 895. The summed E-state index contributed by atoms with van der Waals surface area (Å²) in [6.45, 7) is 7.21. The van der Waals surface area contributed by atoms with Gasteiger partial charge in [0, 0.05) is 72.8 Å². The van der Waals surface area contributed by atoms with E-state index < -0.39 is 0 Å². The molecule has 1 atom stereocenters. The monoisotopic (exact) mass is 489 g/mol. The highest BCUT2D eigenvalue weighted by Crippen LogP contribution is 2.32. The van der Waals surface area contributed by atoms with Gasteiger partial charge < -0.3 is 9.80 Å². The molecule has 30 heavy (non-hydrogen) atoms. The molecular formula is C23H29BrClN5. The summed E-state index contributed by atoms with van der Waals surface area (Å²) in [5.74, 6) is 0. The summed E-state index contributed by atoms with van der Waals surface area (Å²) in [6.07, 6.45) is 2.03. The molecule has 1 fully saturated rings. The number of hydrogen-bond acceptors (Lipinski definition) is 5. The molecule has 0 aromatic heterocycles. The normalized spacial score (nSPS) is 20.0. The van der Waals surface area contributed by atoms with Gasteiger partial charge in [0.25, 0.3) is 0 Å². The van der Waals surface area contributed by atoms with Crippen LogP contribution < -0.4 is 4.90 Å². The highest BCUT2D eigenvalue weighted by Gasteiger charge is 2.31. The summed E-state index contributed by atoms with van der Waals surface area (Å²) in [7, 11) is 4.27. The van der Waals surface area contributed by atoms with E-state index in [0.717, 1.165) is 60.9 Å². The molecule has 4 rings (SSSR count). The molecule has 0 spiro atoms. The first-order valence-corrected chi connectivity index (χ1v) is 11.6. The molecule has 0 bridgehead atoms. The van der Waals surface area contributed by atoms with Crippen LogP contribution in [0.3, 0.4) is 0 Å². The number of benzene rings is 2. The number of fused-ring (bicyclic) bond motifs is 1. The maximum absolute atomic E-state index is 6.26. The Morgan fingerprint density at radius 1 is 1.10 bits per heavy atom. The average Bonchev–Trinajstić information content (AvgIpc) is 2.73. The average molecular weight is 491 g/mol. The van der Waals surface area contributed by atoms with Crippen LogP contribution in [0, 0.1) is 0 Å². The molecule has 0 aliphatic carbocycles. The number of likely N-dealkylation sites (N-methyl/N-ethyl adjacent to an activating group) is 1. The third kappa shape index (κ3) is 5.24. The maximum atomic E-state index is 6.26. The minimum Gasteiger partial charge on any atom is -0.332 e. The van der Waals surface area contributed by atoms with Crippen LogP contribution in [0.4, 0.5) is 5.69 Å². The Balaban J connectivity index is 1.53. The van der Waals surface area contributed by atoms with Crippen molar-refractivity contribution in [2.75, 3.05) is 58.3 Å². The van der Waals surface area contributed by atoms with Crippen LogP contribution in [0.1, 0.15) is 11.1 Å². The van der Waals surface area contributed by atoms with Crippen LogP contribution >= 0.6 is 27.5 Å². The summed E-state index contributed by atoms with van der Waals surface area (Å²) < 4.78 is 1.07. The van der Waals surface area contributed by atoms with Crippen molar-refractivity contribution in [2.45, 2.75) is 12.8 Å². The quantitative estimate of drug-likeness (QED) is 0.611. The SMILES string of the molecule is CN(C)CCN1CCN(C2N=Cc3cc(Br)ccc3N2Cc2cccc(Cl)c2)CC1. The van der Waals surface area contributed by atoms with Gasteiger partial charge in [-0.05, 0) is 50.0 Å². The lowest BCUT2D eigenvalue weighted by molar-refractivity contribution is 0.0917. The van der Waals surface area contributed by atoms with E-state index in [2.05, 4.69) is 80.0 Å². The molecule has 2 aliphatic rings. The van der Waals surface area contributed by atoms with E-state index in [1.165, 1.54) is 11.3 Å². The summed E-state index contributed by atoms with van der Waals surface area (Å²) in [5, 5.41) is 0.773. The lowest BCUT2D eigenvalue weighted by atomic mass is 10.1. The molecule has 5 nitrogen and oxygen atoms in total. The summed E-state index contributed by atoms with van der Waals surface area (Å²) in [5.41, 5.74) is 3.56. The van der Waals surface area contributed by atoms with Crippen molar-refractivity contribution in [1.82, 2.24) is 14.7 Å². The Morgan fingerprint density at radius 2 is 1.90 bits per heavy atom. The zero-order valence-electron chi connectivity index (χ0n) is 17.6. The number of aliphatic imine (C=N–C) groups is 1. The minimum absolute atomic E-state index is 0.00801. The van der Waals surface area contributed by atoms with Crippen LogP contribution in [-0.4, -0.2) is 80.6 Å². The molecule has 0 radical (unpaired) electrons. The van der Waals surface area contributed by atoms with Crippen LogP contribution in [0.2, 0.25) is 5.02 Å². The van der Waals surface area contributed by atoms with Crippen molar-refractivity contribution >= 4 is 39.4 Å². The first-order chi connectivity index (χ1) is 14.5. The fourth-order valence-corrected chi connectivity index (χ4v) is 4.68. The van der Waals surface area contributed by atoms with Gasteiger partial charge in [0.1, 0.15) is 0 Å². The van der Waals surface area contributed by atoms with Crippen LogP contribution in [0.25, 0.3) is 0 Å². The summed E-state index contributed by atoms with van der Waals surface area (Å²) >= 11 is 9.86. The third-order valence-corrected chi connectivity index (χ3v) is 6.49. The number of piperazine rings is 1. The van der Waals surface area contributed by atoms with Crippen molar-refractivity contribution in [3.05, 3.63) is 63.1 Å². The van der Waals surface area contributed by atoms with Crippen LogP contribution in [-0.2, 0) is 6.54 Å². The van der Waals surface area contributed by atoms with Crippen molar-refractivity contribution < 1.29 is 0 Å². The fraction of sp³-hybridized carbons (Fsp3) is 0.435. The van der Waals surface area contributed by atoms with Gasteiger partial charge in [0.15, 0.2) is 6.29 Å². The zero-order chi connectivity index (χ0) is 21.1. The molecule has 2 aromatic rings. The molecule has 1 unspecified atom stereocenters. The molecule has 1 saturated heterocycles. The zero-order valence-corrected chi connectivity index (χ0v) is 20.0. The summed E-state index contributed by atoms with van der Waals surface area (Å²) in [4.78, 5) is 14.7. The van der Waals surface area contributed by atoms with Gasteiger partial charge in [0.2, 0.25) is 0 Å². The lowest BCUT2D eigenvalue weighted by Gasteiger charge is -2.44. The van der Waals surface area contributed by atoms with Crippen molar-refractivity contribution in [2.24, 2.45) is 4.99 Å². The van der Waals surface area contributed by atoms with Gasteiger partial charge in [0.05, 0.1) is 0 Å². The molecule has 7 heteroatoms. The smallest absolute Gasteiger partial charge is 0.179 e. The molecule has 2 aliphatic heterocycles. The van der Waals surface area contributed by atoms with E-state index in [1.54, 1.807) is 0 Å².